The molecule has 1 heterocycles. The van der Waals surface area contributed by atoms with Gasteiger partial charge in [-0.15, -0.1) is 0 Å². The molecule has 0 spiro atoms. The summed E-state index contributed by atoms with van der Waals surface area (Å²) in [6, 6.07) is 2.27. The molecule has 0 radical (unpaired) electrons. The number of hydrogen-bond acceptors (Lipinski definition) is 3. The van der Waals surface area contributed by atoms with Crippen LogP contribution in [0.5, 0.6) is 0 Å². The number of benzene rings is 1. The van der Waals surface area contributed by atoms with E-state index >= 15 is 0 Å². The molecule has 3 N–H and O–H groups in total. The number of aromatic amines is 1. The fraction of sp³-hybridized carbons (Fsp3) is 0.167. The minimum atomic E-state index is -0.729. The topological polar surface area (TPSA) is 82.2 Å². The number of aliphatic hydroxyl groups is 1. The Morgan fingerprint density at radius 3 is 2.89 bits per heavy atom. The highest BCUT2D eigenvalue weighted by molar-refractivity contribution is 6.31. The van der Waals surface area contributed by atoms with E-state index in [-0.39, 0.29) is 29.1 Å². The van der Waals surface area contributed by atoms with Crippen LogP contribution >= 0.6 is 11.6 Å². The van der Waals surface area contributed by atoms with Crippen molar-refractivity contribution in [3.8, 4) is 0 Å². The molecular formula is C12H10ClFN2O3. The number of H-pyrrole nitrogens is 1. The van der Waals surface area contributed by atoms with Crippen molar-refractivity contribution < 1.29 is 14.3 Å². The van der Waals surface area contributed by atoms with E-state index < -0.39 is 17.2 Å². The van der Waals surface area contributed by atoms with E-state index in [2.05, 4.69) is 10.3 Å². The van der Waals surface area contributed by atoms with Crippen molar-refractivity contribution in [3.05, 3.63) is 45.0 Å². The van der Waals surface area contributed by atoms with Crippen molar-refractivity contribution in [2.24, 2.45) is 0 Å². The maximum atomic E-state index is 13.3. The molecule has 1 amide bonds. The van der Waals surface area contributed by atoms with Crippen LogP contribution in [-0.4, -0.2) is 29.1 Å². The van der Waals surface area contributed by atoms with E-state index in [9.17, 15) is 14.0 Å². The summed E-state index contributed by atoms with van der Waals surface area (Å²) in [6.07, 6.45) is 1.23. The Bertz CT molecular complexity index is 699. The van der Waals surface area contributed by atoms with Gasteiger partial charge < -0.3 is 15.4 Å². The van der Waals surface area contributed by atoms with E-state index in [4.69, 9.17) is 16.7 Å². The quantitative estimate of drug-likeness (QED) is 0.788. The molecule has 100 valence electrons. The molecule has 2 aromatic rings. The summed E-state index contributed by atoms with van der Waals surface area (Å²) < 4.78 is 13.3. The van der Waals surface area contributed by atoms with Gasteiger partial charge in [0.25, 0.3) is 5.91 Å². The standard InChI is InChI=1S/C12H10ClFN2O3/c13-8-4-10-6(3-9(8)14)11(18)7(5-16-10)12(19)15-1-2-17/h3-5,17H,1-2H2,(H,15,19)(H,16,18). The second kappa shape index (κ2) is 5.38. The van der Waals surface area contributed by atoms with Crippen LogP contribution in [0.2, 0.25) is 5.02 Å². The number of fused-ring (bicyclic) bond motifs is 1. The minimum absolute atomic E-state index is 0.0330. The van der Waals surface area contributed by atoms with Crippen LogP contribution in [0.15, 0.2) is 23.1 Å². The number of carbonyl (C=O) groups excluding carboxylic acids is 1. The molecule has 0 aliphatic carbocycles. The van der Waals surface area contributed by atoms with Crippen LogP contribution in [0.25, 0.3) is 10.9 Å². The number of rotatable bonds is 3. The zero-order valence-electron chi connectivity index (χ0n) is 9.67. The summed E-state index contributed by atoms with van der Waals surface area (Å²) in [5.41, 5.74) is -0.405. The summed E-state index contributed by atoms with van der Waals surface area (Å²) in [5.74, 6) is -1.36. The number of pyridine rings is 1. The lowest BCUT2D eigenvalue weighted by Crippen LogP contribution is -2.30. The Hall–Kier alpha value is -1.92. The lowest BCUT2D eigenvalue weighted by Gasteiger charge is -2.05. The first-order chi connectivity index (χ1) is 9.04. The van der Waals surface area contributed by atoms with Gasteiger partial charge in [0.05, 0.1) is 17.1 Å². The summed E-state index contributed by atoms with van der Waals surface area (Å²) in [7, 11) is 0. The highest BCUT2D eigenvalue weighted by Crippen LogP contribution is 2.19. The molecule has 0 unspecified atom stereocenters. The molecule has 0 aliphatic rings. The second-order valence-electron chi connectivity index (χ2n) is 3.82. The van der Waals surface area contributed by atoms with Gasteiger partial charge in [-0.1, -0.05) is 11.6 Å². The first kappa shape index (κ1) is 13.5. The van der Waals surface area contributed by atoms with Gasteiger partial charge in [0.15, 0.2) is 0 Å². The number of carbonyl (C=O) groups is 1. The van der Waals surface area contributed by atoms with Gasteiger partial charge in [0.1, 0.15) is 11.4 Å². The molecule has 5 nitrogen and oxygen atoms in total. The van der Waals surface area contributed by atoms with E-state index in [1.807, 2.05) is 0 Å². The summed E-state index contributed by atoms with van der Waals surface area (Å²) in [4.78, 5) is 26.4. The van der Waals surface area contributed by atoms with E-state index in [0.29, 0.717) is 5.52 Å². The van der Waals surface area contributed by atoms with E-state index in [1.54, 1.807) is 0 Å². The largest absolute Gasteiger partial charge is 0.395 e. The van der Waals surface area contributed by atoms with Crippen LogP contribution < -0.4 is 10.7 Å². The Kier molecular flexibility index (Phi) is 3.82. The molecule has 0 aliphatic heterocycles. The van der Waals surface area contributed by atoms with Crippen molar-refractivity contribution in [1.29, 1.82) is 0 Å². The van der Waals surface area contributed by atoms with Gasteiger partial charge >= 0.3 is 0 Å². The third kappa shape index (κ3) is 2.59. The third-order valence-corrected chi connectivity index (χ3v) is 2.85. The van der Waals surface area contributed by atoms with Gasteiger partial charge in [0.2, 0.25) is 5.43 Å². The second-order valence-corrected chi connectivity index (χ2v) is 4.23. The molecule has 19 heavy (non-hydrogen) atoms. The molecule has 7 heteroatoms. The lowest BCUT2D eigenvalue weighted by atomic mass is 10.1. The molecule has 1 aromatic carbocycles. The normalized spacial score (nSPS) is 10.7. The van der Waals surface area contributed by atoms with Gasteiger partial charge in [-0.05, 0) is 12.1 Å². The Balaban J connectivity index is 2.54. The monoisotopic (exact) mass is 284 g/mol. The minimum Gasteiger partial charge on any atom is -0.395 e. The molecule has 0 saturated heterocycles. The van der Waals surface area contributed by atoms with Crippen LogP contribution in [0.4, 0.5) is 4.39 Å². The van der Waals surface area contributed by atoms with Crippen LogP contribution in [-0.2, 0) is 0 Å². The first-order valence-corrected chi connectivity index (χ1v) is 5.82. The van der Waals surface area contributed by atoms with E-state index in [1.165, 1.54) is 12.3 Å². The van der Waals surface area contributed by atoms with Gasteiger partial charge in [-0.2, -0.15) is 0 Å². The molecule has 0 bridgehead atoms. The average molecular weight is 285 g/mol. The Morgan fingerprint density at radius 2 is 2.21 bits per heavy atom. The van der Waals surface area contributed by atoms with E-state index in [0.717, 1.165) is 6.07 Å². The fourth-order valence-corrected chi connectivity index (χ4v) is 1.81. The maximum absolute atomic E-state index is 13.3. The number of aromatic nitrogens is 1. The Morgan fingerprint density at radius 1 is 1.47 bits per heavy atom. The maximum Gasteiger partial charge on any atom is 0.256 e. The van der Waals surface area contributed by atoms with Crippen LogP contribution in [0.1, 0.15) is 10.4 Å². The number of amides is 1. The zero-order valence-corrected chi connectivity index (χ0v) is 10.4. The number of hydrogen-bond donors (Lipinski definition) is 3. The van der Waals surface area contributed by atoms with Crippen molar-refractivity contribution in [2.45, 2.75) is 0 Å². The molecule has 2 rings (SSSR count). The zero-order chi connectivity index (χ0) is 14.0. The fourth-order valence-electron chi connectivity index (χ4n) is 1.65. The molecular weight excluding hydrogens is 275 g/mol. The number of halogens is 2. The predicted molar refractivity (Wildman–Crippen MR) is 69.0 cm³/mol. The van der Waals surface area contributed by atoms with Gasteiger partial charge in [0, 0.05) is 18.1 Å². The van der Waals surface area contributed by atoms with Crippen molar-refractivity contribution in [2.75, 3.05) is 13.2 Å². The molecule has 0 saturated carbocycles. The van der Waals surface area contributed by atoms with Gasteiger partial charge in [-0.25, -0.2) is 4.39 Å². The van der Waals surface area contributed by atoms with Crippen molar-refractivity contribution in [3.63, 3.8) is 0 Å². The third-order valence-electron chi connectivity index (χ3n) is 2.56. The smallest absolute Gasteiger partial charge is 0.256 e. The first-order valence-electron chi connectivity index (χ1n) is 5.44. The van der Waals surface area contributed by atoms with Crippen LogP contribution in [0, 0.1) is 5.82 Å². The van der Waals surface area contributed by atoms with Crippen molar-refractivity contribution in [1.82, 2.24) is 10.3 Å². The lowest BCUT2D eigenvalue weighted by molar-refractivity contribution is 0.0943. The molecule has 1 aromatic heterocycles. The Labute approximate surface area is 112 Å². The van der Waals surface area contributed by atoms with Gasteiger partial charge in [-0.3, -0.25) is 9.59 Å². The summed E-state index contributed by atoms with van der Waals surface area (Å²) in [5, 5.41) is 10.9. The predicted octanol–water partition coefficient (Wildman–Crippen LogP) is 1.04. The summed E-state index contributed by atoms with van der Waals surface area (Å²) in [6.45, 7) is -0.202. The highest BCUT2D eigenvalue weighted by Gasteiger charge is 2.14. The SMILES string of the molecule is O=C(NCCO)c1c[nH]c2cc(Cl)c(F)cc2c1=O. The molecule has 0 atom stereocenters. The number of nitrogens with one attached hydrogen (secondary N) is 2. The average Bonchev–Trinajstić information content (AvgIpc) is 2.39. The summed E-state index contributed by atoms with van der Waals surface area (Å²) >= 11 is 5.61. The van der Waals surface area contributed by atoms with Crippen LogP contribution in [0.3, 0.4) is 0 Å². The number of aliphatic hydroxyl groups excluding tert-OH is 1. The molecule has 0 fully saturated rings. The van der Waals surface area contributed by atoms with Crippen molar-refractivity contribution >= 4 is 28.4 Å². The highest BCUT2D eigenvalue weighted by atomic mass is 35.5.